The summed E-state index contributed by atoms with van der Waals surface area (Å²) in [6.07, 6.45) is 5.03. The van der Waals surface area contributed by atoms with Crippen molar-refractivity contribution in [2.24, 2.45) is 4.99 Å². The SMILES string of the molecule is CCCCOc1cc(-c2nc(-c3csc(NC4=NCCCN4)n3)cs2)c(C)cn1. The smallest absolute Gasteiger partial charge is 0.213 e. The number of aliphatic imine (C=N–C) groups is 1. The number of guanidine groups is 1. The molecule has 0 saturated carbocycles. The summed E-state index contributed by atoms with van der Waals surface area (Å²) in [6.45, 7) is 6.66. The van der Waals surface area contributed by atoms with E-state index in [-0.39, 0.29) is 0 Å². The first kappa shape index (κ1) is 19.8. The molecule has 0 fully saturated rings. The Labute approximate surface area is 178 Å². The first-order chi connectivity index (χ1) is 14.2. The number of thiazole rings is 2. The van der Waals surface area contributed by atoms with Crippen LogP contribution >= 0.6 is 22.7 Å². The third-order valence-corrected chi connectivity index (χ3v) is 6.08. The van der Waals surface area contributed by atoms with Gasteiger partial charge in [-0.15, -0.1) is 22.7 Å². The minimum Gasteiger partial charge on any atom is -0.478 e. The summed E-state index contributed by atoms with van der Waals surface area (Å²) in [7, 11) is 0. The third kappa shape index (κ3) is 4.91. The second-order valence-electron chi connectivity index (χ2n) is 6.75. The summed E-state index contributed by atoms with van der Waals surface area (Å²) >= 11 is 3.16. The lowest BCUT2D eigenvalue weighted by atomic mass is 10.1. The van der Waals surface area contributed by atoms with Gasteiger partial charge in [0.25, 0.3) is 0 Å². The summed E-state index contributed by atoms with van der Waals surface area (Å²) in [4.78, 5) is 18.3. The zero-order valence-corrected chi connectivity index (χ0v) is 18.2. The molecule has 1 aliphatic heterocycles. The van der Waals surface area contributed by atoms with Crippen LogP contribution in [-0.4, -0.2) is 40.6 Å². The fraction of sp³-hybridized carbons (Fsp3) is 0.400. The van der Waals surface area contributed by atoms with Crippen LogP contribution in [-0.2, 0) is 0 Å². The van der Waals surface area contributed by atoms with Gasteiger partial charge in [0.2, 0.25) is 5.88 Å². The molecule has 0 unspecified atom stereocenters. The zero-order valence-electron chi connectivity index (χ0n) is 16.6. The standard InChI is InChI=1S/C20H24N6OS2/c1-3-4-8-27-17-9-14(13(2)10-23-17)18-24-15(11-28-18)16-12-29-20(25-16)26-19-21-6-5-7-22-19/h9-12H,3-8H2,1-2H3,(H2,21,22,25,26). The van der Waals surface area contributed by atoms with Crippen molar-refractivity contribution in [3.05, 3.63) is 28.6 Å². The first-order valence-corrected chi connectivity index (χ1v) is 11.6. The van der Waals surface area contributed by atoms with E-state index in [0.717, 1.165) is 71.0 Å². The molecule has 29 heavy (non-hydrogen) atoms. The van der Waals surface area contributed by atoms with Crippen LogP contribution in [0, 0.1) is 6.92 Å². The monoisotopic (exact) mass is 428 g/mol. The lowest BCUT2D eigenvalue weighted by Crippen LogP contribution is -2.35. The van der Waals surface area contributed by atoms with Crippen molar-refractivity contribution in [3.63, 3.8) is 0 Å². The highest BCUT2D eigenvalue weighted by Crippen LogP contribution is 2.33. The van der Waals surface area contributed by atoms with Crippen molar-refractivity contribution in [3.8, 4) is 27.8 Å². The lowest BCUT2D eigenvalue weighted by molar-refractivity contribution is 0.298. The maximum absolute atomic E-state index is 5.76. The normalized spacial score (nSPS) is 13.7. The zero-order chi connectivity index (χ0) is 20.1. The number of pyridine rings is 1. The van der Waals surface area contributed by atoms with Crippen LogP contribution in [0.2, 0.25) is 0 Å². The maximum atomic E-state index is 5.76. The Morgan fingerprint density at radius 2 is 2.07 bits per heavy atom. The van der Waals surface area contributed by atoms with E-state index in [2.05, 4.69) is 32.5 Å². The molecule has 0 amide bonds. The molecule has 0 aromatic carbocycles. The van der Waals surface area contributed by atoms with Gasteiger partial charge in [0.1, 0.15) is 16.4 Å². The van der Waals surface area contributed by atoms with E-state index in [1.165, 1.54) is 0 Å². The van der Waals surface area contributed by atoms with Crippen molar-refractivity contribution in [2.45, 2.75) is 33.1 Å². The molecule has 7 nitrogen and oxygen atoms in total. The van der Waals surface area contributed by atoms with Gasteiger partial charge < -0.3 is 15.4 Å². The molecule has 0 spiro atoms. The molecule has 2 N–H and O–H groups in total. The van der Waals surface area contributed by atoms with Gasteiger partial charge in [-0.05, 0) is 25.3 Å². The fourth-order valence-corrected chi connectivity index (χ4v) is 4.41. The van der Waals surface area contributed by atoms with Crippen molar-refractivity contribution >= 4 is 33.8 Å². The van der Waals surface area contributed by atoms with Crippen molar-refractivity contribution < 1.29 is 4.74 Å². The van der Waals surface area contributed by atoms with Gasteiger partial charge in [-0.25, -0.2) is 15.0 Å². The van der Waals surface area contributed by atoms with Gasteiger partial charge in [-0.1, -0.05) is 13.3 Å². The average Bonchev–Trinajstić information content (AvgIpc) is 3.40. The second-order valence-corrected chi connectivity index (χ2v) is 8.47. The lowest BCUT2D eigenvalue weighted by Gasteiger charge is -2.13. The quantitative estimate of drug-likeness (QED) is 0.536. The molecule has 3 aromatic rings. The van der Waals surface area contributed by atoms with E-state index >= 15 is 0 Å². The molecule has 0 atom stereocenters. The molecule has 9 heteroatoms. The minimum absolute atomic E-state index is 0.650. The Morgan fingerprint density at radius 3 is 2.90 bits per heavy atom. The van der Waals surface area contributed by atoms with Crippen molar-refractivity contribution in [1.29, 1.82) is 0 Å². The first-order valence-electron chi connectivity index (χ1n) is 9.79. The molecule has 0 saturated heterocycles. The summed E-state index contributed by atoms with van der Waals surface area (Å²) in [5, 5.41) is 12.3. The summed E-state index contributed by atoms with van der Waals surface area (Å²) in [5.74, 6) is 1.44. The van der Waals surface area contributed by atoms with Crippen LogP contribution in [0.15, 0.2) is 28.0 Å². The summed E-state index contributed by atoms with van der Waals surface area (Å²) < 4.78 is 5.76. The molecule has 1 aliphatic rings. The number of hydrogen-bond donors (Lipinski definition) is 2. The third-order valence-electron chi connectivity index (χ3n) is 4.45. The van der Waals surface area contributed by atoms with Crippen molar-refractivity contribution in [2.75, 3.05) is 25.0 Å². The Bertz CT molecular complexity index is 997. The second kappa shape index (κ2) is 9.32. The van der Waals surface area contributed by atoms with E-state index in [1.807, 2.05) is 29.9 Å². The molecule has 0 bridgehead atoms. The largest absolute Gasteiger partial charge is 0.478 e. The molecule has 4 rings (SSSR count). The predicted molar refractivity (Wildman–Crippen MR) is 120 cm³/mol. The topological polar surface area (TPSA) is 84.3 Å². The number of aryl methyl sites for hydroxylation is 1. The number of nitrogens with one attached hydrogen (secondary N) is 2. The highest BCUT2D eigenvalue weighted by molar-refractivity contribution is 7.14. The van der Waals surface area contributed by atoms with Crippen molar-refractivity contribution in [1.82, 2.24) is 20.3 Å². The van der Waals surface area contributed by atoms with Gasteiger partial charge >= 0.3 is 0 Å². The van der Waals surface area contributed by atoms with Gasteiger partial charge in [-0.3, -0.25) is 4.99 Å². The van der Waals surface area contributed by atoms with E-state index in [9.17, 15) is 0 Å². The van der Waals surface area contributed by atoms with Crippen LogP contribution in [0.3, 0.4) is 0 Å². The van der Waals surface area contributed by atoms with Crippen LogP contribution in [0.1, 0.15) is 31.7 Å². The van der Waals surface area contributed by atoms with E-state index in [1.54, 1.807) is 22.7 Å². The Hall–Kier alpha value is -2.52. The molecule has 3 aromatic heterocycles. The summed E-state index contributed by atoms with van der Waals surface area (Å²) in [5.41, 5.74) is 3.87. The fourth-order valence-electron chi connectivity index (χ4n) is 2.82. The van der Waals surface area contributed by atoms with Crippen LogP contribution < -0.4 is 15.4 Å². The number of aromatic nitrogens is 3. The van der Waals surface area contributed by atoms with Crippen LogP contribution in [0.25, 0.3) is 22.0 Å². The van der Waals surface area contributed by atoms with E-state index in [0.29, 0.717) is 12.5 Å². The molecule has 152 valence electrons. The minimum atomic E-state index is 0.650. The number of ether oxygens (including phenoxy) is 1. The number of rotatable bonds is 7. The van der Waals surface area contributed by atoms with Gasteiger partial charge in [0.05, 0.1) is 6.61 Å². The van der Waals surface area contributed by atoms with E-state index < -0.39 is 0 Å². The van der Waals surface area contributed by atoms with E-state index in [4.69, 9.17) is 9.72 Å². The molecule has 4 heterocycles. The Morgan fingerprint density at radius 1 is 1.21 bits per heavy atom. The number of hydrogen-bond acceptors (Lipinski definition) is 9. The Kier molecular flexibility index (Phi) is 6.36. The van der Waals surface area contributed by atoms with Crippen LogP contribution in [0.5, 0.6) is 5.88 Å². The molecule has 0 radical (unpaired) electrons. The highest BCUT2D eigenvalue weighted by atomic mass is 32.1. The average molecular weight is 429 g/mol. The van der Waals surface area contributed by atoms with Gasteiger partial charge in [0.15, 0.2) is 11.1 Å². The highest BCUT2D eigenvalue weighted by Gasteiger charge is 2.14. The predicted octanol–water partition coefficient (Wildman–Crippen LogP) is 4.58. The number of unbranched alkanes of at least 4 members (excludes halogenated alkanes) is 1. The molecule has 0 aliphatic carbocycles. The molecular formula is C20H24N6OS2. The van der Waals surface area contributed by atoms with Crippen LogP contribution in [0.4, 0.5) is 5.13 Å². The van der Waals surface area contributed by atoms with Gasteiger partial charge in [0, 0.05) is 41.7 Å². The maximum Gasteiger partial charge on any atom is 0.213 e. The van der Waals surface area contributed by atoms with Gasteiger partial charge in [-0.2, -0.15) is 0 Å². The summed E-state index contributed by atoms with van der Waals surface area (Å²) in [6, 6.07) is 1.98. The number of nitrogens with zero attached hydrogens (tertiary/aromatic N) is 4. The number of anilines is 1. The molecular weight excluding hydrogens is 404 g/mol. The Balaban J connectivity index is 1.50.